The fraction of sp³-hybridized carbons (Fsp3) is 0.400. The Morgan fingerprint density at radius 1 is 0.397 bits per heavy atom. The van der Waals surface area contributed by atoms with Crippen LogP contribution in [0.1, 0.15) is 153 Å². The molecule has 0 N–H and O–H groups in total. The second-order valence-corrected chi connectivity index (χ2v) is 23.3. The number of thiophene rings is 4. The maximum atomic E-state index is 15.5. The highest BCUT2D eigenvalue weighted by Crippen LogP contribution is 2.48. The summed E-state index contributed by atoms with van der Waals surface area (Å²) in [6.45, 7) is 4.57. The fourth-order valence-electron chi connectivity index (χ4n) is 11.0. The van der Waals surface area contributed by atoms with E-state index in [0.29, 0.717) is 11.1 Å². The van der Waals surface area contributed by atoms with Gasteiger partial charge in [-0.15, -0.1) is 45.3 Å². The van der Waals surface area contributed by atoms with Crippen molar-refractivity contribution in [2.75, 3.05) is 0 Å². The first kappa shape index (κ1) is 47.1. The van der Waals surface area contributed by atoms with E-state index in [4.69, 9.17) is 0 Å². The summed E-state index contributed by atoms with van der Waals surface area (Å²) in [6, 6.07) is 29.8. The monoisotopic (exact) mass is 974 g/mol. The molecule has 8 aromatic heterocycles. The maximum absolute atomic E-state index is 15.5. The third-order valence-electron chi connectivity index (χ3n) is 14.6. The van der Waals surface area contributed by atoms with E-state index in [1.54, 1.807) is 22.7 Å². The van der Waals surface area contributed by atoms with Gasteiger partial charge in [-0.05, 0) is 96.1 Å². The van der Waals surface area contributed by atoms with Gasteiger partial charge in [-0.3, -0.25) is 18.4 Å². The molecule has 0 saturated heterocycles. The quantitative estimate of drug-likeness (QED) is 0.0508. The highest BCUT2D eigenvalue weighted by molar-refractivity contribution is 7.24. The van der Waals surface area contributed by atoms with E-state index >= 15 is 9.59 Å². The molecule has 10 aromatic rings. The van der Waals surface area contributed by atoms with Crippen molar-refractivity contribution >= 4 is 89.0 Å². The van der Waals surface area contributed by atoms with Gasteiger partial charge in [0, 0.05) is 50.8 Å². The van der Waals surface area contributed by atoms with Crippen LogP contribution in [0.15, 0.2) is 105 Å². The largest absolute Gasteiger partial charge is 0.273 e. The second kappa shape index (κ2) is 22.0. The lowest BCUT2D eigenvalue weighted by molar-refractivity contribution is 0.556. The molecule has 0 saturated carbocycles. The highest BCUT2D eigenvalue weighted by Gasteiger charge is 2.30. The zero-order valence-electron chi connectivity index (χ0n) is 40.1. The maximum Gasteiger partial charge on any atom is 0.265 e. The molecule has 68 heavy (non-hydrogen) atoms. The Balaban J connectivity index is 0.969. The van der Waals surface area contributed by atoms with Crippen molar-refractivity contribution < 1.29 is 0 Å². The summed E-state index contributed by atoms with van der Waals surface area (Å²) in [5.41, 5.74) is 7.49. The molecule has 10 rings (SSSR count). The minimum absolute atomic E-state index is 0.0289. The molecule has 0 unspecified atom stereocenters. The third-order valence-corrected chi connectivity index (χ3v) is 19.0. The molecular formula is C60H66N2O2S4. The van der Waals surface area contributed by atoms with Crippen LogP contribution in [0.25, 0.3) is 84.0 Å². The number of hydrogen-bond donors (Lipinski definition) is 0. The van der Waals surface area contributed by atoms with E-state index in [0.717, 1.165) is 66.2 Å². The van der Waals surface area contributed by atoms with Crippen molar-refractivity contribution in [1.82, 2.24) is 8.80 Å². The Bertz CT molecular complexity index is 3130. The molecule has 352 valence electrons. The number of rotatable bonds is 26. The second-order valence-electron chi connectivity index (χ2n) is 19.3. The smallest absolute Gasteiger partial charge is 0.265 e. The summed E-state index contributed by atoms with van der Waals surface area (Å²) in [4.78, 5) is 38.0. The Morgan fingerprint density at radius 3 is 1.15 bits per heavy atom. The lowest BCUT2D eigenvalue weighted by Crippen LogP contribution is -2.19. The summed E-state index contributed by atoms with van der Waals surface area (Å²) < 4.78 is 3.87. The number of aryl methyl sites for hydroxylation is 2. The van der Waals surface area contributed by atoms with Crippen molar-refractivity contribution in [1.29, 1.82) is 0 Å². The van der Waals surface area contributed by atoms with Crippen LogP contribution in [0.2, 0.25) is 0 Å². The molecule has 0 radical (unpaired) electrons. The topological polar surface area (TPSA) is 43.0 Å². The number of unbranched alkanes of at least 4 members (excludes halogenated alkanes) is 18. The summed E-state index contributed by atoms with van der Waals surface area (Å²) in [7, 11) is 0. The van der Waals surface area contributed by atoms with Gasteiger partial charge in [0.05, 0.1) is 33.2 Å². The average Bonchev–Trinajstić information content (AvgIpc) is 4.23. The Kier molecular flexibility index (Phi) is 15.2. The predicted molar refractivity (Wildman–Crippen MR) is 300 cm³/mol. The van der Waals surface area contributed by atoms with Gasteiger partial charge in [-0.25, -0.2) is 0 Å². The van der Waals surface area contributed by atoms with Crippen molar-refractivity contribution in [2.45, 2.75) is 155 Å². The SMILES string of the molecule is CCCCCCCCCCCCc1ccsc1-c1ccc(-c2c(=O)n3c4ccccc4c4c(-c5ccc(-c6sccc6CCCCCCCCCCCC)s5)c(=O)n5c6ccccc6c2c5c43)s1. The van der Waals surface area contributed by atoms with Gasteiger partial charge >= 0.3 is 0 Å². The van der Waals surface area contributed by atoms with Gasteiger partial charge in [-0.1, -0.05) is 166 Å². The number of nitrogens with zero attached hydrogens (tertiary/aromatic N) is 2. The summed E-state index contributed by atoms with van der Waals surface area (Å²) in [5.74, 6) is 0. The zero-order chi connectivity index (χ0) is 46.4. The van der Waals surface area contributed by atoms with E-state index < -0.39 is 0 Å². The summed E-state index contributed by atoms with van der Waals surface area (Å²) >= 11 is 7.05. The molecule has 0 aliphatic rings. The van der Waals surface area contributed by atoms with Gasteiger partial charge in [0.25, 0.3) is 11.1 Å². The first-order chi connectivity index (χ1) is 33.6. The van der Waals surface area contributed by atoms with E-state index in [1.807, 2.05) is 55.7 Å². The average molecular weight is 975 g/mol. The standard InChI is InChI=1S/C60H66N2O2S4/c1-3-5-7-9-11-13-15-17-19-21-27-41-37-39-65-57(41)49-35-33-47(67-49)53-51-43-29-23-25-31-45(43)62-55(51)56-52(44-30-24-26-32-46(44)61(56)59(53)63)54(60(62)64)48-34-36-50(68-48)58-42(38-40-66-58)28-22-20-18-16-14-12-10-8-6-4-2/h23-26,29-40H,3-22,27-28H2,1-2H3. The number of para-hydroxylation sites is 2. The van der Waals surface area contributed by atoms with Crippen molar-refractivity contribution in [3.8, 4) is 40.4 Å². The molecule has 2 aromatic carbocycles. The van der Waals surface area contributed by atoms with Crippen LogP contribution >= 0.6 is 45.3 Å². The zero-order valence-corrected chi connectivity index (χ0v) is 43.4. The first-order valence-corrected chi connectivity index (χ1v) is 29.4. The Hall–Kier alpha value is -4.60. The molecule has 0 fully saturated rings. The van der Waals surface area contributed by atoms with Crippen LogP contribution in [0.3, 0.4) is 0 Å². The number of pyridine rings is 2. The predicted octanol–water partition coefficient (Wildman–Crippen LogP) is 19.1. The van der Waals surface area contributed by atoms with E-state index in [-0.39, 0.29) is 11.1 Å². The third kappa shape index (κ3) is 9.28. The molecule has 0 aliphatic heterocycles. The lowest BCUT2D eigenvalue weighted by atomic mass is 10.0. The van der Waals surface area contributed by atoms with Gasteiger partial charge in [-0.2, -0.15) is 0 Å². The first-order valence-electron chi connectivity index (χ1n) is 26.0. The van der Waals surface area contributed by atoms with Crippen molar-refractivity contribution in [2.24, 2.45) is 0 Å². The van der Waals surface area contributed by atoms with Crippen LogP contribution in [-0.4, -0.2) is 8.80 Å². The Morgan fingerprint density at radius 2 is 0.750 bits per heavy atom. The minimum Gasteiger partial charge on any atom is -0.273 e. The molecule has 0 atom stereocenters. The number of benzene rings is 2. The Labute approximate surface area is 418 Å². The number of hydrogen-bond acceptors (Lipinski definition) is 6. The van der Waals surface area contributed by atoms with Crippen LogP contribution in [0.4, 0.5) is 0 Å². The molecule has 0 bridgehead atoms. The molecule has 0 aliphatic carbocycles. The fourth-order valence-corrected chi connectivity index (χ4v) is 15.4. The van der Waals surface area contributed by atoms with Crippen LogP contribution in [-0.2, 0) is 12.8 Å². The summed E-state index contributed by atoms with van der Waals surface area (Å²) in [5, 5.41) is 8.09. The van der Waals surface area contributed by atoms with Gasteiger partial charge in [0.15, 0.2) is 0 Å². The lowest BCUT2D eigenvalue weighted by Gasteiger charge is -2.10. The van der Waals surface area contributed by atoms with Crippen molar-refractivity contribution in [3.63, 3.8) is 0 Å². The van der Waals surface area contributed by atoms with Crippen molar-refractivity contribution in [3.05, 3.63) is 128 Å². The highest BCUT2D eigenvalue weighted by atomic mass is 32.1. The van der Waals surface area contributed by atoms with Gasteiger partial charge in [0.1, 0.15) is 0 Å². The number of fused-ring (bicyclic) bond motifs is 6. The van der Waals surface area contributed by atoms with Gasteiger partial charge in [0.2, 0.25) is 0 Å². The van der Waals surface area contributed by atoms with Crippen LogP contribution < -0.4 is 11.1 Å². The molecular weight excluding hydrogens is 909 g/mol. The van der Waals surface area contributed by atoms with E-state index in [9.17, 15) is 0 Å². The molecule has 8 heterocycles. The van der Waals surface area contributed by atoms with Crippen LogP contribution in [0, 0.1) is 0 Å². The molecule has 0 amide bonds. The summed E-state index contributed by atoms with van der Waals surface area (Å²) in [6.07, 6.45) is 28.8. The van der Waals surface area contributed by atoms with Crippen LogP contribution in [0.5, 0.6) is 0 Å². The molecule has 8 heteroatoms. The minimum atomic E-state index is -0.0289. The molecule has 0 spiro atoms. The van der Waals surface area contributed by atoms with E-state index in [1.165, 1.54) is 159 Å². The van der Waals surface area contributed by atoms with E-state index in [2.05, 4.69) is 85.3 Å². The number of aromatic nitrogens is 2. The van der Waals surface area contributed by atoms with Gasteiger partial charge < -0.3 is 0 Å². The molecule has 4 nitrogen and oxygen atoms in total. The normalized spacial score (nSPS) is 12.2.